The highest BCUT2D eigenvalue weighted by molar-refractivity contribution is 5.74. The molecule has 0 heterocycles. The summed E-state index contributed by atoms with van der Waals surface area (Å²) in [6.07, 6.45) is -0.389. The van der Waals surface area contributed by atoms with Gasteiger partial charge in [0.2, 0.25) is 0 Å². The molecule has 4 heteroatoms. The van der Waals surface area contributed by atoms with Crippen LogP contribution in [0.25, 0.3) is 0 Å². The number of hydrogen-bond donors (Lipinski definition) is 0. The summed E-state index contributed by atoms with van der Waals surface area (Å²) in [5.41, 5.74) is 1.79. The number of rotatable bonds is 4. The first-order chi connectivity index (χ1) is 9.74. The SMILES string of the molecule is CCOC(=O)N(C)N(c1ccccc1)c1ccccc1. The number of benzene rings is 2. The zero-order valence-electron chi connectivity index (χ0n) is 11.7. The van der Waals surface area contributed by atoms with Crippen molar-refractivity contribution in [1.82, 2.24) is 5.01 Å². The summed E-state index contributed by atoms with van der Waals surface area (Å²) >= 11 is 0. The molecule has 0 radical (unpaired) electrons. The standard InChI is InChI=1S/C16H18N2O2/c1-3-20-16(19)17(2)18(14-10-6-4-7-11-14)15-12-8-5-9-13-15/h4-13H,3H2,1-2H3. The molecule has 0 unspecified atom stereocenters. The summed E-state index contributed by atoms with van der Waals surface area (Å²) in [6.45, 7) is 2.14. The van der Waals surface area contributed by atoms with Gasteiger partial charge in [-0.05, 0) is 31.2 Å². The Morgan fingerprint density at radius 1 is 0.950 bits per heavy atom. The maximum atomic E-state index is 12.0. The van der Waals surface area contributed by atoms with Gasteiger partial charge >= 0.3 is 6.09 Å². The highest BCUT2D eigenvalue weighted by Crippen LogP contribution is 2.26. The quantitative estimate of drug-likeness (QED) is 0.792. The zero-order chi connectivity index (χ0) is 14.4. The van der Waals surface area contributed by atoms with Gasteiger partial charge in [0.1, 0.15) is 0 Å². The van der Waals surface area contributed by atoms with Crippen LogP contribution in [0.4, 0.5) is 16.2 Å². The van der Waals surface area contributed by atoms with Gasteiger partial charge < -0.3 is 4.74 Å². The van der Waals surface area contributed by atoms with Crippen molar-refractivity contribution in [2.24, 2.45) is 0 Å². The van der Waals surface area contributed by atoms with Gasteiger partial charge in [0.25, 0.3) is 0 Å². The first-order valence-electron chi connectivity index (χ1n) is 6.54. The van der Waals surface area contributed by atoms with E-state index in [1.807, 2.05) is 65.7 Å². The normalized spacial score (nSPS) is 9.90. The Morgan fingerprint density at radius 3 is 1.80 bits per heavy atom. The third kappa shape index (κ3) is 3.09. The second kappa shape index (κ2) is 6.61. The van der Waals surface area contributed by atoms with Gasteiger partial charge in [-0.25, -0.2) is 14.8 Å². The van der Waals surface area contributed by atoms with Crippen LogP contribution in [0.2, 0.25) is 0 Å². The number of carbonyl (C=O) groups excluding carboxylic acids is 1. The Kier molecular flexibility index (Phi) is 4.60. The topological polar surface area (TPSA) is 32.8 Å². The van der Waals surface area contributed by atoms with Crippen LogP contribution in [0.3, 0.4) is 0 Å². The Hall–Kier alpha value is -2.49. The lowest BCUT2D eigenvalue weighted by Gasteiger charge is -2.32. The fourth-order valence-electron chi connectivity index (χ4n) is 1.93. The lowest BCUT2D eigenvalue weighted by molar-refractivity contribution is 0.116. The van der Waals surface area contributed by atoms with Crippen LogP contribution < -0.4 is 5.01 Å². The van der Waals surface area contributed by atoms with Crippen molar-refractivity contribution in [3.63, 3.8) is 0 Å². The second-order valence-corrected chi connectivity index (χ2v) is 4.21. The van der Waals surface area contributed by atoms with E-state index < -0.39 is 0 Å². The number of ether oxygens (including phenoxy) is 1. The van der Waals surface area contributed by atoms with Crippen LogP contribution >= 0.6 is 0 Å². The molecule has 0 spiro atoms. The predicted molar refractivity (Wildman–Crippen MR) is 79.8 cm³/mol. The first-order valence-corrected chi connectivity index (χ1v) is 6.54. The van der Waals surface area contributed by atoms with Crippen molar-refractivity contribution < 1.29 is 9.53 Å². The van der Waals surface area contributed by atoms with Crippen LogP contribution in [0.1, 0.15) is 6.92 Å². The van der Waals surface area contributed by atoms with Crippen molar-refractivity contribution in [2.75, 3.05) is 18.7 Å². The molecule has 2 aromatic carbocycles. The van der Waals surface area contributed by atoms with Crippen LogP contribution in [-0.4, -0.2) is 24.8 Å². The molecule has 0 N–H and O–H groups in total. The zero-order valence-corrected chi connectivity index (χ0v) is 11.7. The van der Waals surface area contributed by atoms with Crippen molar-refractivity contribution in [2.45, 2.75) is 6.92 Å². The molecule has 0 atom stereocenters. The van der Waals surface area contributed by atoms with Crippen molar-refractivity contribution in [1.29, 1.82) is 0 Å². The maximum Gasteiger partial charge on any atom is 0.428 e. The van der Waals surface area contributed by atoms with Crippen LogP contribution in [0.15, 0.2) is 60.7 Å². The number of anilines is 2. The lowest BCUT2D eigenvalue weighted by Crippen LogP contribution is -2.41. The highest BCUT2D eigenvalue weighted by Gasteiger charge is 2.20. The van der Waals surface area contributed by atoms with Gasteiger partial charge in [-0.2, -0.15) is 0 Å². The van der Waals surface area contributed by atoms with E-state index in [4.69, 9.17) is 4.74 Å². The molecule has 0 saturated carbocycles. The third-order valence-corrected chi connectivity index (χ3v) is 2.83. The van der Waals surface area contributed by atoms with E-state index in [9.17, 15) is 4.79 Å². The summed E-state index contributed by atoms with van der Waals surface area (Å²) < 4.78 is 5.07. The average molecular weight is 270 g/mol. The molecule has 0 aliphatic heterocycles. The van der Waals surface area contributed by atoms with E-state index in [2.05, 4.69) is 0 Å². The lowest BCUT2D eigenvalue weighted by atomic mass is 10.2. The summed E-state index contributed by atoms with van der Waals surface area (Å²) in [7, 11) is 1.69. The van der Waals surface area contributed by atoms with Gasteiger partial charge in [-0.1, -0.05) is 36.4 Å². The summed E-state index contributed by atoms with van der Waals surface area (Å²) in [5, 5.41) is 3.28. The Morgan fingerprint density at radius 2 is 1.40 bits per heavy atom. The summed E-state index contributed by atoms with van der Waals surface area (Å²) in [5.74, 6) is 0. The minimum absolute atomic E-state index is 0.348. The average Bonchev–Trinajstić information content (AvgIpc) is 2.50. The van der Waals surface area contributed by atoms with Crippen LogP contribution in [-0.2, 0) is 4.74 Å². The number of carbonyl (C=O) groups is 1. The molecule has 4 nitrogen and oxygen atoms in total. The first kappa shape index (κ1) is 13.9. The van der Waals surface area contributed by atoms with Gasteiger partial charge in [-0.15, -0.1) is 0 Å². The van der Waals surface area contributed by atoms with E-state index in [-0.39, 0.29) is 6.09 Å². The van der Waals surface area contributed by atoms with Crippen molar-refractivity contribution in [3.05, 3.63) is 60.7 Å². The molecule has 2 rings (SSSR count). The van der Waals surface area contributed by atoms with E-state index in [0.717, 1.165) is 11.4 Å². The van der Waals surface area contributed by atoms with Gasteiger partial charge in [0.05, 0.1) is 18.0 Å². The molecule has 0 bridgehead atoms. The van der Waals surface area contributed by atoms with Gasteiger partial charge in [-0.3, -0.25) is 0 Å². The minimum atomic E-state index is -0.389. The number of hydrogen-bond acceptors (Lipinski definition) is 3. The van der Waals surface area contributed by atoms with Gasteiger partial charge in [0, 0.05) is 7.05 Å². The fraction of sp³-hybridized carbons (Fsp3) is 0.188. The van der Waals surface area contributed by atoms with Crippen LogP contribution in [0, 0.1) is 0 Å². The van der Waals surface area contributed by atoms with E-state index in [1.54, 1.807) is 14.0 Å². The summed E-state index contributed by atoms with van der Waals surface area (Å²) in [6, 6.07) is 19.4. The van der Waals surface area contributed by atoms with E-state index in [1.165, 1.54) is 5.01 Å². The van der Waals surface area contributed by atoms with E-state index >= 15 is 0 Å². The Labute approximate surface area is 119 Å². The summed E-state index contributed by atoms with van der Waals surface area (Å²) in [4.78, 5) is 12.0. The monoisotopic (exact) mass is 270 g/mol. The fourth-order valence-corrected chi connectivity index (χ4v) is 1.93. The predicted octanol–water partition coefficient (Wildman–Crippen LogP) is 3.83. The Bertz CT molecular complexity index is 503. The molecule has 0 aliphatic carbocycles. The molecule has 104 valence electrons. The number of hydrazine groups is 1. The minimum Gasteiger partial charge on any atom is -0.448 e. The molecule has 2 aromatic rings. The largest absolute Gasteiger partial charge is 0.448 e. The molecule has 0 aromatic heterocycles. The van der Waals surface area contributed by atoms with Crippen molar-refractivity contribution >= 4 is 17.5 Å². The maximum absolute atomic E-state index is 12.0. The number of para-hydroxylation sites is 2. The highest BCUT2D eigenvalue weighted by atomic mass is 16.6. The number of amides is 1. The molecule has 1 amide bonds. The Balaban J connectivity index is 2.37. The molecular formula is C16H18N2O2. The molecule has 20 heavy (non-hydrogen) atoms. The van der Waals surface area contributed by atoms with Crippen molar-refractivity contribution in [3.8, 4) is 0 Å². The third-order valence-electron chi connectivity index (χ3n) is 2.83. The van der Waals surface area contributed by atoms with Gasteiger partial charge in [0.15, 0.2) is 0 Å². The molecule has 0 fully saturated rings. The molecular weight excluding hydrogens is 252 g/mol. The molecule has 0 saturated heterocycles. The smallest absolute Gasteiger partial charge is 0.428 e. The second-order valence-electron chi connectivity index (χ2n) is 4.21. The van der Waals surface area contributed by atoms with E-state index in [0.29, 0.717) is 6.61 Å². The number of nitrogens with zero attached hydrogens (tertiary/aromatic N) is 2. The van der Waals surface area contributed by atoms with Crippen LogP contribution in [0.5, 0.6) is 0 Å². The molecule has 0 aliphatic rings.